The summed E-state index contributed by atoms with van der Waals surface area (Å²) in [5.74, 6) is 1.42. The molecule has 3 rings (SSSR count). The highest BCUT2D eigenvalue weighted by atomic mass is 79.9. The van der Waals surface area contributed by atoms with E-state index in [4.69, 9.17) is 14.2 Å². The molecule has 0 aliphatic rings. The number of hydrazone groups is 1. The first-order chi connectivity index (χ1) is 14.7. The lowest BCUT2D eigenvalue weighted by Crippen LogP contribution is -2.24. The number of methoxy groups -OCH3 is 1. The fourth-order valence-corrected chi connectivity index (χ4v) is 3.13. The van der Waals surface area contributed by atoms with Crippen molar-refractivity contribution < 1.29 is 19.0 Å². The van der Waals surface area contributed by atoms with Crippen molar-refractivity contribution in [2.45, 2.75) is 6.61 Å². The van der Waals surface area contributed by atoms with Gasteiger partial charge in [-0.05, 0) is 51.3 Å². The number of hydrogen-bond donors (Lipinski definition) is 1. The van der Waals surface area contributed by atoms with E-state index < -0.39 is 0 Å². The fourth-order valence-electron chi connectivity index (χ4n) is 2.56. The maximum absolute atomic E-state index is 11.9. The largest absolute Gasteiger partial charge is 0.493 e. The Bertz CT molecular complexity index is 995. The van der Waals surface area contributed by atoms with Gasteiger partial charge in [0.15, 0.2) is 18.1 Å². The molecule has 3 aromatic carbocycles. The molecule has 0 bridgehead atoms. The Kier molecular flexibility index (Phi) is 7.86. The third-order valence-electron chi connectivity index (χ3n) is 3.99. The normalized spacial score (nSPS) is 10.6. The zero-order valence-electron chi connectivity index (χ0n) is 16.4. The second-order valence-electron chi connectivity index (χ2n) is 6.20. The minimum Gasteiger partial charge on any atom is -0.493 e. The first-order valence-corrected chi connectivity index (χ1v) is 9.99. The number of carbonyl (C=O) groups excluding carboxylic acids is 1. The fraction of sp³-hybridized carbons (Fsp3) is 0.130. The van der Waals surface area contributed by atoms with E-state index in [9.17, 15) is 4.79 Å². The zero-order chi connectivity index (χ0) is 21.2. The topological polar surface area (TPSA) is 69.2 Å². The van der Waals surface area contributed by atoms with Crippen molar-refractivity contribution in [3.05, 3.63) is 88.4 Å². The second kappa shape index (κ2) is 11.0. The average Bonchev–Trinajstić information content (AvgIpc) is 2.78. The predicted octanol–water partition coefficient (Wildman–Crippen LogP) is 4.57. The molecule has 0 heterocycles. The van der Waals surface area contributed by atoms with Crippen LogP contribution >= 0.6 is 15.9 Å². The van der Waals surface area contributed by atoms with Crippen molar-refractivity contribution in [3.8, 4) is 17.2 Å². The van der Waals surface area contributed by atoms with Crippen LogP contribution in [0.25, 0.3) is 0 Å². The summed E-state index contributed by atoms with van der Waals surface area (Å²) in [5, 5.41) is 3.97. The van der Waals surface area contributed by atoms with Crippen molar-refractivity contribution in [1.82, 2.24) is 5.43 Å². The summed E-state index contributed by atoms with van der Waals surface area (Å²) in [5.41, 5.74) is 4.22. The van der Waals surface area contributed by atoms with Crippen LogP contribution in [0.4, 0.5) is 0 Å². The molecule has 0 aromatic heterocycles. The van der Waals surface area contributed by atoms with Gasteiger partial charge < -0.3 is 14.2 Å². The van der Waals surface area contributed by atoms with E-state index in [1.807, 2.05) is 54.6 Å². The molecule has 3 aromatic rings. The van der Waals surface area contributed by atoms with Crippen LogP contribution in [0.5, 0.6) is 17.2 Å². The number of hydrogen-bond acceptors (Lipinski definition) is 5. The molecule has 0 aliphatic heterocycles. The first-order valence-electron chi connectivity index (χ1n) is 9.19. The van der Waals surface area contributed by atoms with Crippen LogP contribution in [0.2, 0.25) is 0 Å². The summed E-state index contributed by atoms with van der Waals surface area (Å²) in [4.78, 5) is 11.9. The molecule has 154 valence electrons. The van der Waals surface area contributed by atoms with Gasteiger partial charge in [0, 0.05) is 0 Å². The predicted molar refractivity (Wildman–Crippen MR) is 119 cm³/mol. The van der Waals surface area contributed by atoms with Crippen LogP contribution in [-0.2, 0) is 11.4 Å². The van der Waals surface area contributed by atoms with Crippen molar-refractivity contribution in [1.29, 1.82) is 0 Å². The number of amides is 1. The van der Waals surface area contributed by atoms with Crippen LogP contribution < -0.4 is 19.6 Å². The number of ether oxygens (including phenoxy) is 3. The molecule has 0 aliphatic carbocycles. The van der Waals surface area contributed by atoms with E-state index in [0.717, 1.165) is 15.6 Å². The van der Waals surface area contributed by atoms with E-state index in [2.05, 4.69) is 26.5 Å². The second-order valence-corrected chi connectivity index (χ2v) is 7.06. The van der Waals surface area contributed by atoms with E-state index in [0.29, 0.717) is 23.9 Å². The van der Waals surface area contributed by atoms with E-state index in [1.165, 1.54) is 6.21 Å². The van der Waals surface area contributed by atoms with Crippen LogP contribution in [0.15, 0.2) is 82.4 Å². The number of benzene rings is 3. The van der Waals surface area contributed by atoms with E-state index >= 15 is 0 Å². The summed E-state index contributed by atoms with van der Waals surface area (Å²) in [7, 11) is 1.57. The first kappa shape index (κ1) is 21.4. The SMILES string of the molecule is COc1cc(/C=N\NC(=O)COc2ccccc2)cc(Br)c1OCc1ccccc1. The molecule has 0 saturated carbocycles. The minimum atomic E-state index is -0.357. The number of halogens is 1. The van der Waals surface area contributed by atoms with Gasteiger partial charge in [0.05, 0.1) is 17.8 Å². The quantitative estimate of drug-likeness (QED) is 0.369. The number of nitrogens with one attached hydrogen (secondary N) is 1. The standard InChI is InChI=1S/C23H21BrN2O4/c1-28-21-13-18(12-20(24)23(21)30-15-17-8-4-2-5-9-17)14-25-26-22(27)16-29-19-10-6-3-7-11-19/h2-14H,15-16H2,1H3,(H,26,27)/b25-14-. The van der Waals surface area contributed by atoms with Gasteiger partial charge in [0.2, 0.25) is 0 Å². The van der Waals surface area contributed by atoms with Gasteiger partial charge >= 0.3 is 0 Å². The summed E-state index contributed by atoms with van der Waals surface area (Å²) >= 11 is 3.51. The summed E-state index contributed by atoms with van der Waals surface area (Å²) in [6, 6.07) is 22.6. The van der Waals surface area contributed by atoms with Gasteiger partial charge in [-0.3, -0.25) is 4.79 Å². The minimum absolute atomic E-state index is 0.124. The van der Waals surface area contributed by atoms with Gasteiger partial charge in [0.1, 0.15) is 12.4 Å². The van der Waals surface area contributed by atoms with Gasteiger partial charge in [-0.15, -0.1) is 0 Å². The molecule has 6 nitrogen and oxygen atoms in total. The third-order valence-corrected chi connectivity index (χ3v) is 4.58. The molecule has 7 heteroatoms. The van der Waals surface area contributed by atoms with Gasteiger partial charge in [-0.1, -0.05) is 48.5 Å². The Hall–Kier alpha value is -3.32. The molecule has 0 saturated heterocycles. The lowest BCUT2D eigenvalue weighted by molar-refractivity contribution is -0.123. The average molecular weight is 469 g/mol. The van der Waals surface area contributed by atoms with Gasteiger partial charge in [-0.25, -0.2) is 5.43 Å². The Morgan fingerprint density at radius 3 is 2.43 bits per heavy atom. The molecule has 1 amide bonds. The Balaban J connectivity index is 1.57. The number of rotatable bonds is 9. The lowest BCUT2D eigenvalue weighted by Gasteiger charge is -2.13. The Morgan fingerprint density at radius 2 is 1.73 bits per heavy atom. The highest BCUT2D eigenvalue weighted by Crippen LogP contribution is 2.36. The molecule has 0 spiro atoms. The maximum Gasteiger partial charge on any atom is 0.277 e. The van der Waals surface area contributed by atoms with Crippen molar-refractivity contribution in [3.63, 3.8) is 0 Å². The van der Waals surface area contributed by atoms with Crippen molar-refractivity contribution in [2.24, 2.45) is 5.10 Å². The van der Waals surface area contributed by atoms with Crippen molar-refractivity contribution in [2.75, 3.05) is 13.7 Å². The highest BCUT2D eigenvalue weighted by Gasteiger charge is 2.11. The maximum atomic E-state index is 11.9. The summed E-state index contributed by atoms with van der Waals surface area (Å²) < 4.78 is 17.5. The third kappa shape index (κ3) is 6.35. The number of nitrogens with zero attached hydrogens (tertiary/aromatic N) is 1. The molecule has 0 radical (unpaired) electrons. The Morgan fingerprint density at radius 1 is 1.03 bits per heavy atom. The number of carbonyl (C=O) groups is 1. The smallest absolute Gasteiger partial charge is 0.277 e. The van der Waals surface area contributed by atoms with Crippen molar-refractivity contribution >= 4 is 28.1 Å². The molecular formula is C23H21BrN2O4. The monoisotopic (exact) mass is 468 g/mol. The molecule has 30 heavy (non-hydrogen) atoms. The van der Waals surface area contributed by atoms with Gasteiger partial charge in [-0.2, -0.15) is 5.10 Å². The van der Waals surface area contributed by atoms with E-state index in [-0.39, 0.29) is 12.5 Å². The number of para-hydroxylation sites is 1. The molecule has 0 unspecified atom stereocenters. The molecular weight excluding hydrogens is 448 g/mol. The van der Waals surface area contributed by atoms with Crippen LogP contribution in [0.3, 0.4) is 0 Å². The molecule has 0 fully saturated rings. The van der Waals surface area contributed by atoms with Crippen LogP contribution in [0.1, 0.15) is 11.1 Å². The van der Waals surface area contributed by atoms with Gasteiger partial charge in [0.25, 0.3) is 5.91 Å². The molecule has 0 atom stereocenters. The summed E-state index contributed by atoms with van der Waals surface area (Å²) in [6.07, 6.45) is 1.52. The zero-order valence-corrected chi connectivity index (χ0v) is 18.0. The van der Waals surface area contributed by atoms with E-state index in [1.54, 1.807) is 25.3 Å². The van der Waals surface area contributed by atoms with Crippen LogP contribution in [-0.4, -0.2) is 25.8 Å². The summed E-state index contributed by atoms with van der Waals surface area (Å²) in [6.45, 7) is 0.293. The molecule has 1 N–H and O–H groups in total. The van der Waals surface area contributed by atoms with Crippen LogP contribution in [0, 0.1) is 0 Å². The Labute approximate surface area is 183 Å². The highest BCUT2D eigenvalue weighted by molar-refractivity contribution is 9.10. The lowest BCUT2D eigenvalue weighted by atomic mass is 10.2.